The van der Waals surface area contributed by atoms with Gasteiger partial charge in [-0.25, -0.2) is 0 Å². The Morgan fingerprint density at radius 2 is 1.80 bits per heavy atom. The van der Waals surface area contributed by atoms with Crippen LogP contribution in [0.1, 0.15) is 59.8 Å². The molecule has 0 aromatic heterocycles. The fraction of sp³-hybridized carbons (Fsp3) is 0.923. The Morgan fingerprint density at radius 3 is 2.33 bits per heavy atom. The second-order valence-corrected chi connectivity index (χ2v) is 4.79. The molecule has 0 unspecified atom stereocenters. The first-order valence-electron chi connectivity index (χ1n) is 6.21. The molecular weight excluding hydrogens is 188 g/mol. The molecule has 0 N–H and O–H groups in total. The van der Waals surface area contributed by atoms with Crippen molar-refractivity contribution in [1.82, 2.24) is 0 Å². The second kappa shape index (κ2) is 8.75. The van der Waals surface area contributed by atoms with Gasteiger partial charge in [-0.1, -0.05) is 47.0 Å². The number of carbonyl (C=O) groups excluding carboxylic acids is 1. The maximum Gasteiger partial charge on any atom is 0.305 e. The summed E-state index contributed by atoms with van der Waals surface area (Å²) in [5, 5.41) is 0. The molecule has 0 aromatic carbocycles. The third kappa shape index (κ3) is 9.77. The molecule has 0 radical (unpaired) electrons. The minimum absolute atomic E-state index is 0.0793. The maximum atomic E-state index is 10.9. The van der Waals surface area contributed by atoms with Gasteiger partial charge in [-0.15, -0.1) is 0 Å². The molecule has 0 rings (SSSR count). The van der Waals surface area contributed by atoms with Crippen LogP contribution in [0.15, 0.2) is 0 Å². The van der Waals surface area contributed by atoms with Gasteiger partial charge in [-0.2, -0.15) is 0 Å². The zero-order valence-corrected chi connectivity index (χ0v) is 10.7. The van der Waals surface area contributed by atoms with Crippen LogP contribution in [-0.2, 0) is 9.53 Å². The number of hydrogen-bond donors (Lipinski definition) is 0. The molecule has 1 atom stereocenters. The van der Waals surface area contributed by atoms with Crippen molar-refractivity contribution in [2.24, 2.45) is 11.8 Å². The van der Waals surface area contributed by atoms with Crippen molar-refractivity contribution in [3.05, 3.63) is 0 Å². The molecule has 0 fully saturated rings. The molecule has 0 bridgehead atoms. The van der Waals surface area contributed by atoms with E-state index in [1.807, 2.05) is 6.92 Å². The van der Waals surface area contributed by atoms with Gasteiger partial charge < -0.3 is 4.74 Å². The average molecular weight is 214 g/mol. The zero-order chi connectivity index (χ0) is 11.7. The monoisotopic (exact) mass is 214 g/mol. The Balaban J connectivity index is 3.33. The van der Waals surface area contributed by atoms with E-state index in [0.29, 0.717) is 18.9 Å². The molecule has 0 spiro atoms. The van der Waals surface area contributed by atoms with Gasteiger partial charge in [-0.05, 0) is 18.3 Å². The first-order valence-corrected chi connectivity index (χ1v) is 6.21. The van der Waals surface area contributed by atoms with Crippen LogP contribution >= 0.6 is 0 Å². The smallest absolute Gasteiger partial charge is 0.305 e. The summed E-state index contributed by atoms with van der Waals surface area (Å²) in [6.07, 6.45) is 5.34. The van der Waals surface area contributed by atoms with Gasteiger partial charge in [0.15, 0.2) is 0 Å². The Hall–Kier alpha value is -0.530. The molecule has 0 saturated heterocycles. The highest BCUT2D eigenvalue weighted by Gasteiger charge is 2.05. The van der Waals surface area contributed by atoms with Crippen molar-refractivity contribution in [2.45, 2.75) is 59.8 Å². The van der Waals surface area contributed by atoms with E-state index in [9.17, 15) is 4.79 Å². The van der Waals surface area contributed by atoms with E-state index in [4.69, 9.17) is 4.74 Å². The summed E-state index contributed by atoms with van der Waals surface area (Å²) in [7, 11) is 0. The summed E-state index contributed by atoms with van der Waals surface area (Å²) in [4.78, 5) is 10.9. The molecule has 0 heterocycles. The largest absolute Gasteiger partial charge is 0.466 e. The summed E-state index contributed by atoms with van der Waals surface area (Å²) >= 11 is 0. The summed E-state index contributed by atoms with van der Waals surface area (Å²) in [6, 6.07) is 0. The van der Waals surface area contributed by atoms with Gasteiger partial charge in [0.1, 0.15) is 0 Å². The highest BCUT2D eigenvalue weighted by molar-refractivity contribution is 5.68. The molecule has 2 nitrogen and oxygen atoms in total. The van der Waals surface area contributed by atoms with Gasteiger partial charge in [0.25, 0.3) is 0 Å². The third-order valence-electron chi connectivity index (χ3n) is 2.64. The summed E-state index contributed by atoms with van der Waals surface area (Å²) in [5.41, 5.74) is 0. The quantitative estimate of drug-likeness (QED) is 0.575. The van der Waals surface area contributed by atoms with E-state index < -0.39 is 0 Å². The van der Waals surface area contributed by atoms with Gasteiger partial charge in [0.2, 0.25) is 0 Å². The van der Waals surface area contributed by atoms with Crippen molar-refractivity contribution in [2.75, 3.05) is 6.61 Å². The van der Waals surface area contributed by atoms with E-state index in [0.717, 1.165) is 12.3 Å². The molecular formula is C13H26O2. The molecule has 2 heteroatoms. The van der Waals surface area contributed by atoms with Crippen molar-refractivity contribution in [3.8, 4) is 0 Å². The van der Waals surface area contributed by atoms with Crippen LogP contribution < -0.4 is 0 Å². The van der Waals surface area contributed by atoms with Crippen LogP contribution in [0.25, 0.3) is 0 Å². The molecule has 0 aliphatic rings. The van der Waals surface area contributed by atoms with Crippen LogP contribution in [0.5, 0.6) is 0 Å². The van der Waals surface area contributed by atoms with Crippen LogP contribution in [-0.4, -0.2) is 12.6 Å². The van der Waals surface area contributed by atoms with Crippen molar-refractivity contribution < 1.29 is 9.53 Å². The lowest BCUT2D eigenvalue weighted by Crippen LogP contribution is -2.07. The zero-order valence-electron chi connectivity index (χ0n) is 10.7. The first kappa shape index (κ1) is 14.5. The predicted octanol–water partition coefficient (Wildman–Crippen LogP) is 3.79. The maximum absolute atomic E-state index is 10.9. The summed E-state index contributed by atoms with van der Waals surface area (Å²) in [6.45, 7) is 9.17. The van der Waals surface area contributed by atoms with E-state index in [-0.39, 0.29) is 5.97 Å². The predicted molar refractivity (Wildman–Crippen MR) is 63.7 cm³/mol. The van der Waals surface area contributed by atoms with Crippen LogP contribution in [0.3, 0.4) is 0 Å². The Labute approximate surface area is 94.4 Å². The Kier molecular flexibility index (Phi) is 8.44. The van der Waals surface area contributed by atoms with Crippen molar-refractivity contribution >= 4 is 5.97 Å². The molecule has 90 valence electrons. The van der Waals surface area contributed by atoms with E-state index >= 15 is 0 Å². The lowest BCUT2D eigenvalue weighted by atomic mass is 9.98. The summed E-state index contributed by atoms with van der Waals surface area (Å²) < 4.78 is 5.05. The number of esters is 1. The van der Waals surface area contributed by atoms with Gasteiger partial charge in [0.05, 0.1) is 6.61 Å². The van der Waals surface area contributed by atoms with Crippen LogP contribution in [0.4, 0.5) is 0 Å². The average Bonchev–Trinajstić information content (AvgIpc) is 2.17. The second-order valence-electron chi connectivity index (χ2n) is 4.79. The fourth-order valence-electron chi connectivity index (χ4n) is 1.49. The topological polar surface area (TPSA) is 26.3 Å². The minimum Gasteiger partial charge on any atom is -0.466 e. The Bertz CT molecular complexity index is 164. The minimum atomic E-state index is -0.0793. The molecule has 0 amide bonds. The van der Waals surface area contributed by atoms with Crippen molar-refractivity contribution in [1.29, 1.82) is 0 Å². The van der Waals surface area contributed by atoms with Crippen molar-refractivity contribution in [3.63, 3.8) is 0 Å². The molecule has 0 saturated carbocycles. The molecule has 15 heavy (non-hydrogen) atoms. The van der Waals surface area contributed by atoms with Gasteiger partial charge in [-0.3, -0.25) is 4.79 Å². The van der Waals surface area contributed by atoms with E-state index in [1.54, 1.807) is 0 Å². The molecule has 0 aromatic rings. The summed E-state index contributed by atoms with van der Waals surface area (Å²) in [5.74, 6) is 1.40. The number of rotatable bonds is 8. The molecule has 0 aliphatic heterocycles. The lowest BCUT2D eigenvalue weighted by molar-refractivity contribution is -0.143. The number of hydrogen-bond acceptors (Lipinski definition) is 2. The fourth-order valence-corrected chi connectivity index (χ4v) is 1.49. The van der Waals surface area contributed by atoms with Crippen LogP contribution in [0, 0.1) is 11.8 Å². The molecule has 0 aliphatic carbocycles. The third-order valence-corrected chi connectivity index (χ3v) is 2.64. The highest BCUT2D eigenvalue weighted by Crippen LogP contribution is 2.15. The first-order chi connectivity index (χ1) is 7.06. The number of carbonyl (C=O) groups is 1. The van der Waals surface area contributed by atoms with E-state index in [1.165, 1.54) is 19.3 Å². The lowest BCUT2D eigenvalue weighted by Gasteiger charge is -2.12. The normalized spacial score (nSPS) is 12.9. The number of ether oxygens (including phenoxy) is 1. The highest BCUT2D eigenvalue weighted by atomic mass is 16.5. The van der Waals surface area contributed by atoms with Crippen LogP contribution in [0.2, 0.25) is 0 Å². The van der Waals surface area contributed by atoms with Gasteiger partial charge >= 0.3 is 5.97 Å². The Morgan fingerprint density at radius 1 is 1.13 bits per heavy atom. The van der Waals surface area contributed by atoms with E-state index in [2.05, 4.69) is 20.8 Å². The standard InChI is InChI=1S/C13H26O2/c1-5-13(14)15-10-9-12(4)8-6-7-11(2)3/h11-12H,5-10H2,1-4H3/t12-/m0/s1. The van der Waals surface area contributed by atoms with Gasteiger partial charge in [0, 0.05) is 6.42 Å². The SMILES string of the molecule is CCC(=O)OCC[C@@H](C)CCCC(C)C.